The third-order valence-electron chi connectivity index (χ3n) is 5.52. The maximum Gasteiger partial charge on any atom is 0.327 e. The van der Waals surface area contributed by atoms with Crippen LogP contribution in [0.1, 0.15) is 69.8 Å². The lowest BCUT2D eigenvalue weighted by molar-refractivity contribution is -0.148. The number of hydrogen-bond acceptors (Lipinski definition) is 2. The minimum atomic E-state index is -3.28. The molecule has 1 unspecified atom stereocenters. The first-order valence-electron chi connectivity index (χ1n) is 11.0. The van der Waals surface area contributed by atoms with Gasteiger partial charge in [-0.05, 0) is 44.1 Å². The molecule has 1 aromatic carbocycles. The molecular weight excluding hydrogens is 388 g/mol. The van der Waals surface area contributed by atoms with E-state index in [1.807, 2.05) is 24.3 Å². The van der Waals surface area contributed by atoms with Crippen LogP contribution in [0.3, 0.4) is 0 Å². The highest BCUT2D eigenvalue weighted by Gasteiger charge is 2.52. The van der Waals surface area contributed by atoms with E-state index in [0.29, 0.717) is 19.4 Å². The van der Waals surface area contributed by atoms with Crippen molar-refractivity contribution in [2.75, 3.05) is 6.54 Å². The molecule has 1 N–H and O–H groups in total. The standard InChI is InChI=1S/C24H33F2NO3/c25-24(26)19-21(27(23(24)30)18-12-5-4-11-17-22(28)29)16-10-3-1-2-7-13-20-14-8-6-9-15-20/h6,8-10,14-16,21H,1-5,7,11-13,17-19H2,(H,28,29)/b16-10+. The zero-order chi connectivity index (χ0) is 21.8. The van der Waals surface area contributed by atoms with E-state index in [4.69, 9.17) is 5.11 Å². The number of likely N-dealkylation sites (tertiary alicyclic amines) is 1. The number of rotatable bonds is 14. The van der Waals surface area contributed by atoms with Crippen LogP contribution in [0.5, 0.6) is 0 Å². The van der Waals surface area contributed by atoms with Gasteiger partial charge in [0.2, 0.25) is 0 Å². The Morgan fingerprint density at radius 1 is 1.07 bits per heavy atom. The maximum absolute atomic E-state index is 13.9. The van der Waals surface area contributed by atoms with Crippen LogP contribution in [0.25, 0.3) is 0 Å². The largest absolute Gasteiger partial charge is 0.481 e. The summed E-state index contributed by atoms with van der Waals surface area (Å²) < 4.78 is 27.8. The average molecular weight is 422 g/mol. The summed E-state index contributed by atoms with van der Waals surface area (Å²) in [7, 11) is 0. The molecule has 1 atom stereocenters. The van der Waals surface area contributed by atoms with Crippen LogP contribution in [-0.2, 0) is 16.0 Å². The number of carbonyl (C=O) groups excluding carboxylic acids is 1. The van der Waals surface area contributed by atoms with Crippen LogP contribution < -0.4 is 0 Å². The smallest absolute Gasteiger partial charge is 0.327 e. The van der Waals surface area contributed by atoms with E-state index in [9.17, 15) is 18.4 Å². The number of carboxylic acid groups (broad SMARTS) is 1. The van der Waals surface area contributed by atoms with Gasteiger partial charge in [-0.25, -0.2) is 0 Å². The number of aliphatic carboxylic acids is 1. The molecule has 0 aliphatic carbocycles. The molecule has 0 spiro atoms. The third kappa shape index (κ3) is 8.25. The number of alkyl halides is 2. The van der Waals surface area contributed by atoms with Gasteiger partial charge in [-0.3, -0.25) is 9.59 Å². The van der Waals surface area contributed by atoms with Crippen molar-refractivity contribution < 1.29 is 23.5 Å². The van der Waals surface area contributed by atoms with Gasteiger partial charge in [0, 0.05) is 19.4 Å². The van der Waals surface area contributed by atoms with Crippen molar-refractivity contribution in [2.24, 2.45) is 0 Å². The molecule has 2 rings (SSSR count). The summed E-state index contributed by atoms with van der Waals surface area (Å²) in [6.45, 7) is 0.299. The van der Waals surface area contributed by atoms with Gasteiger partial charge in [-0.15, -0.1) is 0 Å². The molecule has 0 radical (unpaired) electrons. The molecule has 0 aromatic heterocycles. The van der Waals surface area contributed by atoms with Crippen molar-refractivity contribution in [1.29, 1.82) is 0 Å². The van der Waals surface area contributed by atoms with E-state index < -0.39 is 30.3 Å². The average Bonchev–Trinajstić information content (AvgIpc) is 2.93. The first-order valence-corrected chi connectivity index (χ1v) is 11.0. The first kappa shape index (κ1) is 24.0. The molecular formula is C24H33F2NO3. The second kappa shape index (κ2) is 12.5. The fraction of sp³-hybridized carbons (Fsp3) is 0.583. The minimum absolute atomic E-state index is 0.122. The molecule has 1 aliphatic rings. The second-order valence-corrected chi connectivity index (χ2v) is 8.05. The van der Waals surface area contributed by atoms with Crippen LogP contribution in [0.2, 0.25) is 0 Å². The number of allylic oxidation sites excluding steroid dienone is 1. The van der Waals surface area contributed by atoms with Crippen LogP contribution in [0.15, 0.2) is 42.5 Å². The van der Waals surface area contributed by atoms with E-state index in [1.54, 1.807) is 6.08 Å². The summed E-state index contributed by atoms with van der Waals surface area (Å²) in [5, 5.41) is 8.63. The minimum Gasteiger partial charge on any atom is -0.481 e. The maximum atomic E-state index is 13.9. The Bertz CT molecular complexity index is 691. The lowest BCUT2D eigenvalue weighted by Crippen LogP contribution is -2.36. The summed E-state index contributed by atoms with van der Waals surface area (Å²) in [6.07, 6.45) is 11.1. The number of amides is 1. The van der Waals surface area contributed by atoms with Crippen molar-refractivity contribution in [3.63, 3.8) is 0 Å². The van der Waals surface area contributed by atoms with Crippen LogP contribution >= 0.6 is 0 Å². The lowest BCUT2D eigenvalue weighted by atomic mass is 10.1. The number of nitrogens with zero attached hydrogens (tertiary/aromatic N) is 1. The van der Waals surface area contributed by atoms with Gasteiger partial charge in [0.15, 0.2) is 0 Å². The molecule has 1 heterocycles. The molecule has 30 heavy (non-hydrogen) atoms. The number of benzene rings is 1. The third-order valence-corrected chi connectivity index (χ3v) is 5.52. The quantitative estimate of drug-likeness (QED) is 0.313. The highest BCUT2D eigenvalue weighted by Crippen LogP contribution is 2.34. The molecule has 6 heteroatoms. The number of unbranched alkanes of at least 4 members (excludes halogenated alkanes) is 6. The zero-order valence-corrected chi connectivity index (χ0v) is 17.6. The molecule has 1 amide bonds. The Labute approximate surface area is 178 Å². The van der Waals surface area contributed by atoms with E-state index in [1.165, 1.54) is 10.5 Å². The van der Waals surface area contributed by atoms with Crippen molar-refractivity contribution in [2.45, 2.75) is 82.6 Å². The molecule has 166 valence electrons. The monoisotopic (exact) mass is 421 g/mol. The van der Waals surface area contributed by atoms with Gasteiger partial charge >= 0.3 is 11.9 Å². The van der Waals surface area contributed by atoms with E-state index in [2.05, 4.69) is 12.1 Å². The van der Waals surface area contributed by atoms with Crippen LogP contribution in [0.4, 0.5) is 8.78 Å². The van der Waals surface area contributed by atoms with Crippen LogP contribution in [-0.4, -0.2) is 40.4 Å². The Morgan fingerprint density at radius 2 is 1.77 bits per heavy atom. The predicted octanol–water partition coefficient (Wildman–Crippen LogP) is 5.62. The van der Waals surface area contributed by atoms with Gasteiger partial charge in [0.25, 0.3) is 5.91 Å². The molecule has 0 saturated carbocycles. The van der Waals surface area contributed by atoms with E-state index >= 15 is 0 Å². The van der Waals surface area contributed by atoms with Crippen molar-refractivity contribution in [3.8, 4) is 0 Å². The fourth-order valence-corrected chi connectivity index (χ4v) is 3.84. The Hall–Kier alpha value is -2.24. The van der Waals surface area contributed by atoms with Gasteiger partial charge in [-0.1, -0.05) is 61.7 Å². The van der Waals surface area contributed by atoms with Crippen molar-refractivity contribution in [1.82, 2.24) is 4.90 Å². The van der Waals surface area contributed by atoms with Gasteiger partial charge in [0.1, 0.15) is 0 Å². The highest BCUT2D eigenvalue weighted by atomic mass is 19.3. The highest BCUT2D eigenvalue weighted by molar-refractivity contribution is 5.86. The summed E-state index contributed by atoms with van der Waals surface area (Å²) in [6, 6.07) is 9.79. The second-order valence-electron chi connectivity index (χ2n) is 8.05. The van der Waals surface area contributed by atoms with E-state index in [-0.39, 0.29) is 6.42 Å². The molecule has 1 aromatic rings. The van der Waals surface area contributed by atoms with Crippen molar-refractivity contribution >= 4 is 11.9 Å². The number of hydrogen-bond donors (Lipinski definition) is 1. The van der Waals surface area contributed by atoms with Gasteiger partial charge < -0.3 is 10.0 Å². The Morgan fingerprint density at radius 3 is 2.50 bits per heavy atom. The number of aryl methyl sites for hydroxylation is 1. The van der Waals surface area contributed by atoms with Gasteiger partial charge in [-0.2, -0.15) is 8.78 Å². The Kier molecular flexibility index (Phi) is 9.98. The predicted molar refractivity (Wildman–Crippen MR) is 114 cm³/mol. The summed E-state index contributed by atoms with van der Waals surface area (Å²) in [4.78, 5) is 23.8. The SMILES string of the molecule is O=C(O)CCCCCCN1C(=O)C(F)(F)CC1/C=C/CCCCCc1ccccc1. The summed E-state index contributed by atoms with van der Waals surface area (Å²) >= 11 is 0. The zero-order valence-electron chi connectivity index (χ0n) is 17.6. The molecule has 0 bridgehead atoms. The topological polar surface area (TPSA) is 57.6 Å². The first-order chi connectivity index (χ1) is 14.4. The molecule has 1 aliphatic heterocycles. The number of halogens is 2. The van der Waals surface area contributed by atoms with Crippen LogP contribution in [0, 0.1) is 0 Å². The number of carbonyl (C=O) groups is 2. The summed E-state index contributed by atoms with van der Waals surface area (Å²) in [5.41, 5.74) is 1.33. The molecule has 1 saturated heterocycles. The number of carboxylic acids is 1. The van der Waals surface area contributed by atoms with Gasteiger partial charge in [0.05, 0.1) is 6.04 Å². The lowest BCUT2D eigenvalue weighted by Gasteiger charge is -2.21. The van der Waals surface area contributed by atoms with Crippen molar-refractivity contribution in [3.05, 3.63) is 48.0 Å². The molecule has 4 nitrogen and oxygen atoms in total. The molecule has 1 fully saturated rings. The fourth-order valence-electron chi connectivity index (χ4n) is 3.84. The summed E-state index contributed by atoms with van der Waals surface area (Å²) in [5.74, 6) is -5.19. The van der Waals surface area contributed by atoms with E-state index in [0.717, 1.165) is 44.9 Å². The Balaban J connectivity index is 1.68. The normalized spacial score (nSPS) is 18.4.